The van der Waals surface area contributed by atoms with Crippen molar-refractivity contribution in [3.8, 4) is 0 Å². The minimum atomic E-state index is -0.747. The standard InChI is InChI=1S/C12H18F2N4O/c1-17(2)4-5-18(3)11-9(13)6-8(7-10(11)14)12(15)16-19/h6-7,19H,4-5H2,1-3H3,(H2,15,16). The Morgan fingerprint density at radius 2 is 1.74 bits per heavy atom. The molecule has 0 atom stereocenters. The van der Waals surface area contributed by atoms with Gasteiger partial charge in [-0.15, -0.1) is 0 Å². The predicted octanol–water partition coefficient (Wildman–Crippen LogP) is 1.06. The van der Waals surface area contributed by atoms with Crippen molar-refractivity contribution >= 4 is 11.5 Å². The summed E-state index contributed by atoms with van der Waals surface area (Å²) >= 11 is 0. The molecule has 0 aliphatic rings. The second kappa shape index (κ2) is 6.33. The maximum atomic E-state index is 13.9. The third kappa shape index (κ3) is 3.78. The van der Waals surface area contributed by atoms with Crippen LogP contribution in [0.15, 0.2) is 17.3 Å². The highest BCUT2D eigenvalue weighted by Crippen LogP contribution is 2.24. The van der Waals surface area contributed by atoms with Crippen LogP contribution in [0.1, 0.15) is 5.56 Å². The van der Waals surface area contributed by atoms with Gasteiger partial charge in [0.25, 0.3) is 0 Å². The summed E-state index contributed by atoms with van der Waals surface area (Å²) in [4.78, 5) is 3.40. The number of anilines is 1. The van der Waals surface area contributed by atoms with Crippen molar-refractivity contribution in [3.05, 3.63) is 29.3 Å². The van der Waals surface area contributed by atoms with Crippen molar-refractivity contribution in [2.45, 2.75) is 0 Å². The van der Waals surface area contributed by atoms with Gasteiger partial charge in [0.05, 0.1) is 0 Å². The number of hydrogen-bond donors (Lipinski definition) is 2. The van der Waals surface area contributed by atoms with Crippen molar-refractivity contribution in [3.63, 3.8) is 0 Å². The van der Waals surface area contributed by atoms with E-state index in [1.165, 1.54) is 4.90 Å². The number of likely N-dealkylation sites (N-methyl/N-ethyl adjacent to an activating group) is 2. The number of hydrogen-bond acceptors (Lipinski definition) is 4. The highest BCUT2D eigenvalue weighted by atomic mass is 19.1. The van der Waals surface area contributed by atoms with Crippen molar-refractivity contribution in [2.24, 2.45) is 10.9 Å². The second-order valence-electron chi connectivity index (χ2n) is 4.50. The van der Waals surface area contributed by atoms with Crippen molar-refractivity contribution < 1.29 is 14.0 Å². The first-order valence-electron chi connectivity index (χ1n) is 5.69. The molecule has 0 saturated carbocycles. The molecule has 0 aromatic heterocycles. The largest absolute Gasteiger partial charge is 0.409 e. The minimum Gasteiger partial charge on any atom is -0.409 e. The maximum Gasteiger partial charge on any atom is 0.170 e. The number of benzene rings is 1. The van der Waals surface area contributed by atoms with Gasteiger partial charge in [0, 0.05) is 25.7 Å². The first-order valence-corrected chi connectivity index (χ1v) is 5.69. The van der Waals surface area contributed by atoms with Gasteiger partial charge in [-0.25, -0.2) is 8.78 Å². The van der Waals surface area contributed by atoms with Crippen LogP contribution in [0, 0.1) is 11.6 Å². The Labute approximate surface area is 110 Å². The van der Waals surface area contributed by atoms with Crippen LogP contribution in [-0.4, -0.2) is 50.2 Å². The van der Waals surface area contributed by atoms with Gasteiger partial charge in [0.2, 0.25) is 0 Å². The maximum absolute atomic E-state index is 13.9. The molecule has 0 heterocycles. The molecule has 0 spiro atoms. The highest BCUT2D eigenvalue weighted by Gasteiger charge is 2.16. The molecule has 1 aromatic rings. The quantitative estimate of drug-likeness (QED) is 0.364. The molecular weight excluding hydrogens is 254 g/mol. The van der Waals surface area contributed by atoms with Gasteiger partial charge < -0.3 is 20.7 Å². The lowest BCUT2D eigenvalue weighted by Crippen LogP contribution is -2.30. The molecule has 1 rings (SSSR count). The zero-order valence-corrected chi connectivity index (χ0v) is 11.2. The number of halogens is 2. The summed E-state index contributed by atoms with van der Waals surface area (Å²) in [6, 6.07) is 2.08. The van der Waals surface area contributed by atoms with Crippen LogP contribution in [0.4, 0.5) is 14.5 Å². The molecule has 0 fully saturated rings. The average Bonchev–Trinajstić information content (AvgIpc) is 2.34. The van der Waals surface area contributed by atoms with Crippen LogP contribution in [0.2, 0.25) is 0 Å². The Morgan fingerprint density at radius 3 is 2.16 bits per heavy atom. The Bertz CT molecular complexity index is 454. The number of nitrogens with zero attached hydrogens (tertiary/aromatic N) is 3. The summed E-state index contributed by atoms with van der Waals surface area (Å²) in [7, 11) is 5.36. The molecule has 0 unspecified atom stereocenters. The van der Waals surface area contributed by atoms with E-state index in [9.17, 15) is 8.78 Å². The fourth-order valence-corrected chi connectivity index (χ4v) is 1.60. The van der Waals surface area contributed by atoms with Crippen LogP contribution in [0.25, 0.3) is 0 Å². The van der Waals surface area contributed by atoms with Crippen molar-refractivity contribution in [1.82, 2.24) is 4.90 Å². The van der Waals surface area contributed by atoms with E-state index in [0.29, 0.717) is 13.1 Å². The van der Waals surface area contributed by atoms with Gasteiger partial charge >= 0.3 is 0 Å². The summed E-state index contributed by atoms with van der Waals surface area (Å²) in [5, 5.41) is 11.2. The SMILES string of the molecule is CN(C)CCN(C)c1c(F)cc(C(N)=NO)cc1F. The predicted molar refractivity (Wildman–Crippen MR) is 70.7 cm³/mol. The van der Waals surface area contributed by atoms with E-state index in [-0.39, 0.29) is 17.1 Å². The topological polar surface area (TPSA) is 65.1 Å². The summed E-state index contributed by atoms with van der Waals surface area (Å²) in [5.41, 5.74) is 5.18. The fourth-order valence-electron chi connectivity index (χ4n) is 1.60. The van der Waals surface area contributed by atoms with Gasteiger partial charge in [-0.2, -0.15) is 0 Å². The van der Waals surface area contributed by atoms with E-state index in [1.807, 2.05) is 19.0 Å². The molecule has 0 aliphatic heterocycles. The lowest BCUT2D eigenvalue weighted by molar-refractivity contribution is 0.318. The Hall–Kier alpha value is -1.89. The molecule has 1 aromatic carbocycles. The third-order valence-corrected chi connectivity index (χ3v) is 2.68. The minimum absolute atomic E-state index is 0.00209. The molecule has 3 N–H and O–H groups in total. The number of oxime groups is 1. The molecule has 0 aliphatic carbocycles. The normalized spacial score (nSPS) is 12.0. The van der Waals surface area contributed by atoms with E-state index >= 15 is 0 Å². The van der Waals surface area contributed by atoms with Gasteiger partial charge in [-0.05, 0) is 26.2 Å². The lowest BCUT2D eigenvalue weighted by atomic mass is 10.1. The van der Waals surface area contributed by atoms with Gasteiger partial charge in [-0.3, -0.25) is 0 Å². The molecule has 0 radical (unpaired) electrons. The first kappa shape index (κ1) is 15.2. The molecular formula is C12H18F2N4O. The van der Waals surface area contributed by atoms with E-state index in [2.05, 4.69) is 5.16 Å². The summed E-state index contributed by atoms with van der Waals surface area (Å²) in [5.74, 6) is -1.83. The number of amidine groups is 1. The molecule has 0 bridgehead atoms. The first-order chi connectivity index (χ1) is 8.86. The van der Waals surface area contributed by atoms with E-state index < -0.39 is 11.6 Å². The molecule has 7 heteroatoms. The van der Waals surface area contributed by atoms with Gasteiger partial charge in [-0.1, -0.05) is 5.16 Å². The van der Waals surface area contributed by atoms with E-state index in [1.54, 1.807) is 7.05 Å². The van der Waals surface area contributed by atoms with Gasteiger partial charge in [0.1, 0.15) is 17.3 Å². The molecule has 0 amide bonds. The van der Waals surface area contributed by atoms with Crippen LogP contribution in [0.3, 0.4) is 0 Å². The van der Waals surface area contributed by atoms with Crippen LogP contribution in [0.5, 0.6) is 0 Å². The Morgan fingerprint density at radius 1 is 1.21 bits per heavy atom. The lowest BCUT2D eigenvalue weighted by Gasteiger charge is -2.22. The van der Waals surface area contributed by atoms with Crippen LogP contribution in [-0.2, 0) is 0 Å². The van der Waals surface area contributed by atoms with Crippen molar-refractivity contribution in [2.75, 3.05) is 39.1 Å². The summed E-state index contributed by atoms with van der Waals surface area (Å²) in [6.45, 7) is 1.14. The number of rotatable bonds is 5. The Kier molecular flexibility index (Phi) is 5.05. The molecule has 106 valence electrons. The monoisotopic (exact) mass is 272 g/mol. The van der Waals surface area contributed by atoms with E-state index in [0.717, 1.165) is 12.1 Å². The summed E-state index contributed by atoms with van der Waals surface area (Å²) < 4.78 is 27.8. The fraction of sp³-hybridized carbons (Fsp3) is 0.417. The Balaban J connectivity index is 3.03. The summed E-state index contributed by atoms with van der Waals surface area (Å²) in [6.07, 6.45) is 0. The van der Waals surface area contributed by atoms with Crippen LogP contribution < -0.4 is 10.6 Å². The smallest absolute Gasteiger partial charge is 0.170 e. The molecule has 19 heavy (non-hydrogen) atoms. The van der Waals surface area contributed by atoms with Crippen molar-refractivity contribution in [1.29, 1.82) is 0 Å². The van der Waals surface area contributed by atoms with E-state index in [4.69, 9.17) is 10.9 Å². The van der Waals surface area contributed by atoms with Crippen LogP contribution >= 0.6 is 0 Å². The highest BCUT2D eigenvalue weighted by molar-refractivity contribution is 5.97. The molecule has 5 nitrogen and oxygen atoms in total. The molecule has 0 saturated heterocycles. The zero-order valence-electron chi connectivity index (χ0n) is 11.2. The second-order valence-corrected chi connectivity index (χ2v) is 4.50. The van der Waals surface area contributed by atoms with Gasteiger partial charge in [0.15, 0.2) is 5.84 Å². The third-order valence-electron chi connectivity index (χ3n) is 2.68. The average molecular weight is 272 g/mol. The number of nitrogens with two attached hydrogens (primary N) is 1. The zero-order chi connectivity index (χ0) is 14.6.